The minimum Gasteiger partial charge on any atom is -0.378 e. The minimum atomic E-state index is 0.246. The number of amides is 1. The van der Waals surface area contributed by atoms with Gasteiger partial charge < -0.3 is 19.7 Å². The van der Waals surface area contributed by atoms with Crippen molar-refractivity contribution in [3.05, 3.63) is 0 Å². The van der Waals surface area contributed by atoms with Crippen molar-refractivity contribution >= 4 is 5.91 Å². The van der Waals surface area contributed by atoms with Gasteiger partial charge in [0.2, 0.25) is 5.91 Å². The number of nitrogens with zero attached hydrogens (tertiary/aromatic N) is 1. The molecule has 2 heterocycles. The smallest absolute Gasteiger partial charge is 0.225 e. The second kappa shape index (κ2) is 9.38. The van der Waals surface area contributed by atoms with Crippen LogP contribution in [0.1, 0.15) is 45.4 Å². The molecule has 0 aromatic rings. The highest BCUT2D eigenvalue weighted by molar-refractivity contribution is 5.76. The molecule has 1 amide bonds. The van der Waals surface area contributed by atoms with Gasteiger partial charge in [-0.05, 0) is 45.2 Å². The monoisotopic (exact) mass is 298 g/mol. The topological polar surface area (TPSA) is 50.8 Å². The van der Waals surface area contributed by atoms with Crippen molar-refractivity contribution in [2.45, 2.75) is 57.6 Å². The summed E-state index contributed by atoms with van der Waals surface area (Å²) < 4.78 is 11.1. The molecule has 2 rings (SSSR count). The lowest BCUT2D eigenvalue weighted by Gasteiger charge is -2.34. The van der Waals surface area contributed by atoms with Crippen molar-refractivity contribution < 1.29 is 14.3 Å². The molecule has 0 saturated carbocycles. The molecule has 0 bridgehead atoms. The highest BCUT2D eigenvalue weighted by atomic mass is 16.5. The molecular formula is C16H30N2O3. The summed E-state index contributed by atoms with van der Waals surface area (Å²) in [5.74, 6) is 0.246. The zero-order chi connectivity index (χ0) is 14.9. The number of nitrogens with one attached hydrogen (secondary N) is 1. The molecule has 2 fully saturated rings. The Balaban J connectivity index is 1.67. The van der Waals surface area contributed by atoms with E-state index in [1.807, 2.05) is 0 Å². The molecule has 0 radical (unpaired) electrons. The van der Waals surface area contributed by atoms with Crippen LogP contribution in [0.3, 0.4) is 0 Å². The molecule has 21 heavy (non-hydrogen) atoms. The molecule has 5 heteroatoms. The Morgan fingerprint density at radius 2 is 2.14 bits per heavy atom. The third kappa shape index (κ3) is 5.57. The molecule has 2 aliphatic rings. The maximum Gasteiger partial charge on any atom is 0.225 e. The lowest BCUT2D eigenvalue weighted by Crippen LogP contribution is -2.46. The molecule has 0 aromatic heterocycles. The molecule has 2 saturated heterocycles. The average molecular weight is 298 g/mol. The van der Waals surface area contributed by atoms with Crippen LogP contribution in [-0.2, 0) is 14.3 Å². The van der Waals surface area contributed by atoms with Gasteiger partial charge in [0.25, 0.3) is 0 Å². The van der Waals surface area contributed by atoms with E-state index in [0.29, 0.717) is 25.7 Å². The quantitative estimate of drug-likeness (QED) is 0.691. The summed E-state index contributed by atoms with van der Waals surface area (Å²) >= 11 is 0. The first kappa shape index (κ1) is 16.7. The summed E-state index contributed by atoms with van der Waals surface area (Å²) in [6.07, 6.45) is 6.13. The van der Waals surface area contributed by atoms with Crippen LogP contribution in [0.2, 0.25) is 0 Å². The lowest BCUT2D eigenvalue weighted by atomic mass is 10.0. The third-order valence-corrected chi connectivity index (χ3v) is 4.32. The second-order valence-electron chi connectivity index (χ2n) is 6.03. The largest absolute Gasteiger partial charge is 0.378 e. The zero-order valence-electron chi connectivity index (χ0n) is 13.3. The van der Waals surface area contributed by atoms with E-state index in [1.54, 1.807) is 0 Å². The lowest BCUT2D eigenvalue weighted by molar-refractivity contribution is -0.135. The fourth-order valence-corrected chi connectivity index (χ4v) is 3.16. The number of carbonyl (C=O) groups is 1. The number of ether oxygens (including phenoxy) is 2. The van der Waals surface area contributed by atoms with Crippen LogP contribution >= 0.6 is 0 Å². The highest BCUT2D eigenvalue weighted by Gasteiger charge is 2.24. The summed E-state index contributed by atoms with van der Waals surface area (Å²) in [7, 11) is 0. The fourth-order valence-electron chi connectivity index (χ4n) is 3.16. The molecule has 1 unspecified atom stereocenters. The number of rotatable bonds is 8. The van der Waals surface area contributed by atoms with Crippen LogP contribution in [0.5, 0.6) is 0 Å². The van der Waals surface area contributed by atoms with Crippen molar-refractivity contribution in [1.29, 1.82) is 0 Å². The molecule has 1 atom stereocenters. The van der Waals surface area contributed by atoms with Crippen LogP contribution in [0.15, 0.2) is 0 Å². The second-order valence-corrected chi connectivity index (χ2v) is 6.03. The number of piperidine rings is 1. The van der Waals surface area contributed by atoms with E-state index in [4.69, 9.17) is 9.47 Å². The van der Waals surface area contributed by atoms with Crippen molar-refractivity contribution in [2.75, 3.05) is 39.5 Å². The van der Waals surface area contributed by atoms with Crippen LogP contribution < -0.4 is 5.32 Å². The van der Waals surface area contributed by atoms with Gasteiger partial charge in [-0.25, -0.2) is 0 Å². The SMILES string of the molecule is CCCN(C(=O)CCOCC1CCCO1)C1CCNCC1. The molecule has 2 aliphatic heterocycles. The predicted molar refractivity (Wildman–Crippen MR) is 82.3 cm³/mol. The summed E-state index contributed by atoms with van der Waals surface area (Å²) in [6, 6.07) is 0.414. The van der Waals surface area contributed by atoms with Crippen LogP contribution in [0, 0.1) is 0 Å². The molecule has 0 aromatic carbocycles. The number of hydrogen-bond donors (Lipinski definition) is 1. The number of hydrogen-bond acceptors (Lipinski definition) is 4. The fraction of sp³-hybridized carbons (Fsp3) is 0.938. The Hall–Kier alpha value is -0.650. The van der Waals surface area contributed by atoms with Crippen molar-refractivity contribution in [2.24, 2.45) is 0 Å². The van der Waals surface area contributed by atoms with Gasteiger partial charge in [0.05, 0.1) is 25.7 Å². The molecule has 1 N–H and O–H groups in total. The molecule has 5 nitrogen and oxygen atoms in total. The van der Waals surface area contributed by atoms with Gasteiger partial charge in [-0.3, -0.25) is 4.79 Å². The van der Waals surface area contributed by atoms with Gasteiger partial charge in [-0.15, -0.1) is 0 Å². The van der Waals surface area contributed by atoms with Crippen molar-refractivity contribution in [3.8, 4) is 0 Å². The minimum absolute atomic E-state index is 0.246. The third-order valence-electron chi connectivity index (χ3n) is 4.32. The van der Waals surface area contributed by atoms with Gasteiger partial charge in [0, 0.05) is 19.2 Å². The maximum absolute atomic E-state index is 12.4. The maximum atomic E-state index is 12.4. The van der Waals surface area contributed by atoms with Gasteiger partial charge in [0.15, 0.2) is 0 Å². The first-order valence-corrected chi connectivity index (χ1v) is 8.50. The summed E-state index contributed by atoms with van der Waals surface area (Å²) in [5, 5.41) is 3.36. The standard InChI is InChI=1S/C16H30N2O3/c1-2-10-18(14-5-8-17-9-6-14)16(19)7-12-20-13-15-4-3-11-21-15/h14-15,17H,2-13H2,1H3. The van der Waals surface area contributed by atoms with Gasteiger partial charge in [-0.1, -0.05) is 6.92 Å². The molecule has 0 spiro atoms. The van der Waals surface area contributed by atoms with Crippen LogP contribution in [0.4, 0.5) is 0 Å². The Bertz CT molecular complexity index is 300. The van der Waals surface area contributed by atoms with E-state index in [2.05, 4.69) is 17.1 Å². The summed E-state index contributed by atoms with van der Waals surface area (Å²) in [5.41, 5.74) is 0. The summed E-state index contributed by atoms with van der Waals surface area (Å²) in [6.45, 7) is 7.05. The van der Waals surface area contributed by atoms with E-state index >= 15 is 0 Å². The van der Waals surface area contributed by atoms with E-state index < -0.39 is 0 Å². The van der Waals surface area contributed by atoms with E-state index in [1.165, 1.54) is 0 Å². The van der Waals surface area contributed by atoms with Crippen molar-refractivity contribution in [1.82, 2.24) is 10.2 Å². The first-order chi connectivity index (χ1) is 10.3. The molecular weight excluding hydrogens is 268 g/mol. The highest BCUT2D eigenvalue weighted by Crippen LogP contribution is 2.15. The number of carbonyl (C=O) groups excluding carboxylic acids is 1. The van der Waals surface area contributed by atoms with E-state index in [0.717, 1.165) is 58.3 Å². The normalized spacial score (nSPS) is 23.4. The first-order valence-electron chi connectivity index (χ1n) is 8.50. The molecule has 122 valence electrons. The summed E-state index contributed by atoms with van der Waals surface area (Å²) in [4.78, 5) is 14.5. The average Bonchev–Trinajstić information content (AvgIpc) is 3.03. The van der Waals surface area contributed by atoms with Crippen LogP contribution in [0.25, 0.3) is 0 Å². The van der Waals surface area contributed by atoms with Gasteiger partial charge >= 0.3 is 0 Å². The Kier molecular flexibility index (Phi) is 7.47. The van der Waals surface area contributed by atoms with E-state index in [9.17, 15) is 4.79 Å². The molecule has 0 aliphatic carbocycles. The zero-order valence-corrected chi connectivity index (χ0v) is 13.3. The van der Waals surface area contributed by atoms with Crippen molar-refractivity contribution in [3.63, 3.8) is 0 Å². The predicted octanol–water partition coefficient (Wildman–Crippen LogP) is 1.56. The van der Waals surface area contributed by atoms with Crippen LogP contribution in [-0.4, -0.2) is 62.4 Å². The Labute approximate surface area is 128 Å². The Morgan fingerprint density at radius 1 is 1.33 bits per heavy atom. The van der Waals surface area contributed by atoms with E-state index in [-0.39, 0.29) is 12.0 Å². The van der Waals surface area contributed by atoms with Gasteiger partial charge in [0.1, 0.15) is 0 Å². The Morgan fingerprint density at radius 3 is 2.81 bits per heavy atom. The van der Waals surface area contributed by atoms with Gasteiger partial charge in [-0.2, -0.15) is 0 Å².